The lowest BCUT2D eigenvalue weighted by Gasteiger charge is -2.10. The molecule has 2 amide bonds. The van der Waals surface area contributed by atoms with Crippen LogP contribution in [-0.2, 0) is 19.1 Å². The van der Waals surface area contributed by atoms with Crippen molar-refractivity contribution in [2.75, 3.05) is 17.2 Å². The number of hydrogen-bond donors (Lipinski definition) is 2. The first kappa shape index (κ1) is 20.5. The molecule has 0 unspecified atom stereocenters. The number of halogens is 1. The Hall–Kier alpha value is -2.86. The average Bonchev–Trinajstić information content (AvgIpc) is 2.64. The number of anilines is 2. The fourth-order valence-electron chi connectivity index (χ4n) is 2.22. The van der Waals surface area contributed by atoms with E-state index in [1.54, 1.807) is 37.3 Å². The normalized spacial score (nSPS) is 10.2. The summed E-state index contributed by atoms with van der Waals surface area (Å²) in [5.41, 5.74) is 3.03. The van der Waals surface area contributed by atoms with Crippen LogP contribution < -0.4 is 10.6 Å². The van der Waals surface area contributed by atoms with Crippen molar-refractivity contribution >= 4 is 40.8 Å². The minimum Gasteiger partial charge on any atom is -0.456 e. The summed E-state index contributed by atoms with van der Waals surface area (Å²) in [5, 5.41) is 5.86. The largest absolute Gasteiger partial charge is 0.456 e. The zero-order valence-electron chi connectivity index (χ0n) is 15.2. The Kier molecular flexibility index (Phi) is 7.37. The van der Waals surface area contributed by atoms with E-state index in [2.05, 4.69) is 10.6 Å². The zero-order valence-corrected chi connectivity index (χ0v) is 15.9. The molecule has 2 rings (SSSR count). The van der Waals surface area contributed by atoms with Crippen LogP contribution in [0.25, 0.3) is 0 Å². The lowest BCUT2D eigenvalue weighted by molar-refractivity contribution is -0.147. The van der Waals surface area contributed by atoms with E-state index >= 15 is 0 Å². The van der Waals surface area contributed by atoms with Gasteiger partial charge in [0.2, 0.25) is 5.91 Å². The molecule has 0 aliphatic rings. The third-order valence-electron chi connectivity index (χ3n) is 3.80. The number of rotatable bonds is 7. The van der Waals surface area contributed by atoms with Gasteiger partial charge < -0.3 is 15.4 Å². The first-order chi connectivity index (χ1) is 12.8. The molecule has 2 N–H and O–H groups in total. The molecule has 7 heteroatoms. The predicted molar refractivity (Wildman–Crippen MR) is 105 cm³/mol. The highest BCUT2D eigenvalue weighted by molar-refractivity contribution is 6.31. The first-order valence-corrected chi connectivity index (χ1v) is 8.80. The molecule has 0 aromatic heterocycles. The van der Waals surface area contributed by atoms with E-state index in [-0.39, 0.29) is 18.7 Å². The van der Waals surface area contributed by atoms with Gasteiger partial charge in [0.25, 0.3) is 5.91 Å². The topological polar surface area (TPSA) is 84.5 Å². The van der Waals surface area contributed by atoms with Crippen LogP contribution in [0, 0.1) is 13.8 Å². The number of esters is 1. The number of hydrogen-bond acceptors (Lipinski definition) is 4. The molecule has 2 aromatic carbocycles. The molecule has 0 saturated carbocycles. The molecule has 27 heavy (non-hydrogen) atoms. The maximum absolute atomic E-state index is 11.9. The van der Waals surface area contributed by atoms with E-state index in [1.807, 2.05) is 19.1 Å². The fourth-order valence-corrected chi connectivity index (χ4v) is 2.40. The second kappa shape index (κ2) is 9.73. The fraction of sp³-hybridized carbons (Fsp3) is 0.250. The van der Waals surface area contributed by atoms with Crippen LogP contribution >= 0.6 is 11.6 Å². The molecule has 0 aliphatic heterocycles. The molecule has 0 aliphatic carbocycles. The van der Waals surface area contributed by atoms with Gasteiger partial charge in [-0.25, -0.2) is 0 Å². The molecule has 0 heterocycles. The van der Waals surface area contributed by atoms with Crippen molar-refractivity contribution in [2.45, 2.75) is 26.7 Å². The van der Waals surface area contributed by atoms with Gasteiger partial charge in [0, 0.05) is 22.8 Å². The smallest absolute Gasteiger partial charge is 0.306 e. The number of carbonyl (C=O) groups excluding carboxylic acids is 3. The number of amides is 2. The van der Waals surface area contributed by atoms with Gasteiger partial charge in [-0.15, -0.1) is 0 Å². The van der Waals surface area contributed by atoms with Gasteiger partial charge in [-0.05, 0) is 43.7 Å². The second-order valence-corrected chi connectivity index (χ2v) is 6.44. The number of ether oxygens (including phenoxy) is 1. The predicted octanol–water partition coefficient (Wildman–Crippen LogP) is 3.86. The zero-order chi connectivity index (χ0) is 19.8. The van der Waals surface area contributed by atoms with Gasteiger partial charge in [-0.1, -0.05) is 35.4 Å². The summed E-state index contributed by atoms with van der Waals surface area (Å²) in [6, 6.07) is 12.5. The van der Waals surface area contributed by atoms with Gasteiger partial charge in [0.15, 0.2) is 6.61 Å². The van der Waals surface area contributed by atoms with Crippen LogP contribution in [0.2, 0.25) is 5.02 Å². The highest BCUT2D eigenvalue weighted by Crippen LogP contribution is 2.22. The van der Waals surface area contributed by atoms with E-state index in [4.69, 9.17) is 16.3 Å². The van der Waals surface area contributed by atoms with E-state index in [1.165, 1.54) is 0 Å². The number of benzene rings is 2. The molecule has 0 spiro atoms. The minimum atomic E-state index is -0.618. The maximum atomic E-state index is 11.9. The molecular weight excluding hydrogens is 368 g/mol. The standard InChI is InChI=1S/C20H21ClN2O4/c1-13-6-8-15(9-7-13)22-18(24)10-11-20(26)27-12-19(25)23-17-5-3-4-16(21)14(17)2/h3-9H,10-12H2,1-2H3,(H,22,24)(H,23,25). The van der Waals surface area contributed by atoms with Crippen LogP contribution in [0.5, 0.6) is 0 Å². The van der Waals surface area contributed by atoms with Crippen LogP contribution in [0.1, 0.15) is 24.0 Å². The Labute approximate surface area is 162 Å². The molecule has 142 valence electrons. The molecular formula is C20H21ClN2O4. The third-order valence-corrected chi connectivity index (χ3v) is 4.21. The van der Waals surface area contributed by atoms with E-state index in [9.17, 15) is 14.4 Å². The Balaban J connectivity index is 1.70. The quantitative estimate of drug-likeness (QED) is 0.705. The van der Waals surface area contributed by atoms with Crippen LogP contribution in [0.4, 0.5) is 11.4 Å². The number of nitrogens with one attached hydrogen (secondary N) is 2. The van der Waals surface area contributed by atoms with E-state index < -0.39 is 18.5 Å². The van der Waals surface area contributed by atoms with Gasteiger partial charge in [0.1, 0.15) is 0 Å². The van der Waals surface area contributed by atoms with Crippen molar-refractivity contribution in [2.24, 2.45) is 0 Å². The Morgan fingerprint density at radius 3 is 2.33 bits per heavy atom. The summed E-state index contributed by atoms with van der Waals surface area (Å²) >= 11 is 5.99. The Morgan fingerprint density at radius 2 is 1.63 bits per heavy atom. The summed E-state index contributed by atoms with van der Waals surface area (Å²) in [6.07, 6.45) is -0.136. The molecule has 0 saturated heterocycles. The highest BCUT2D eigenvalue weighted by atomic mass is 35.5. The molecule has 2 aromatic rings. The summed E-state index contributed by atoms with van der Waals surface area (Å²) < 4.78 is 4.90. The average molecular weight is 389 g/mol. The van der Waals surface area contributed by atoms with Gasteiger partial charge >= 0.3 is 5.97 Å². The molecule has 0 radical (unpaired) electrons. The van der Waals surface area contributed by atoms with Crippen molar-refractivity contribution in [1.82, 2.24) is 0 Å². The van der Waals surface area contributed by atoms with Crippen molar-refractivity contribution in [1.29, 1.82) is 0 Å². The molecule has 0 atom stereocenters. The van der Waals surface area contributed by atoms with Crippen molar-refractivity contribution in [3.8, 4) is 0 Å². The van der Waals surface area contributed by atoms with E-state index in [0.717, 1.165) is 11.1 Å². The SMILES string of the molecule is Cc1ccc(NC(=O)CCC(=O)OCC(=O)Nc2cccc(Cl)c2C)cc1. The summed E-state index contributed by atoms with van der Waals surface area (Å²) in [7, 11) is 0. The number of carbonyl (C=O) groups is 3. The summed E-state index contributed by atoms with van der Waals surface area (Å²) in [6.45, 7) is 3.30. The molecule has 0 fully saturated rings. The van der Waals surface area contributed by atoms with Gasteiger partial charge in [0.05, 0.1) is 6.42 Å². The van der Waals surface area contributed by atoms with Crippen molar-refractivity contribution in [3.05, 3.63) is 58.6 Å². The van der Waals surface area contributed by atoms with E-state index in [0.29, 0.717) is 16.4 Å². The van der Waals surface area contributed by atoms with Crippen molar-refractivity contribution < 1.29 is 19.1 Å². The Morgan fingerprint density at radius 1 is 0.926 bits per heavy atom. The monoisotopic (exact) mass is 388 g/mol. The van der Waals surface area contributed by atoms with Crippen LogP contribution in [0.15, 0.2) is 42.5 Å². The molecule has 6 nitrogen and oxygen atoms in total. The first-order valence-electron chi connectivity index (χ1n) is 8.42. The summed E-state index contributed by atoms with van der Waals surface area (Å²) in [5.74, 6) is -1.39. The van der Waals surface area contributed by atoms with Crippen LogP contribution in [-0.4, -0.2) is 24.4 Å². The Bertz CT molecular complexity index is 834. The highest BCUT2D eigenvalue weighted by Gasteiger charge is 2.12. The van der Waals surface area contributed by atoms with Gasteiger partial charge in [-0.3, -0.25) is 14.4 Å². The lowest BCUT2D eigenvalue weighted by Crippen LogP contribution is -2.22. The maximum Gasteiger partial charge on any atom is 0.306 e. The lowest BCUT2D eigenvalue weighted by atomic mass is 10.2. The number of aryl methyl sites for hydroxylation is 1. The van der Waals surface area contributed by atoms with Crippen molar-refractivity contribution in [3.63, 3.8) is 0 Å². The second-order valence-electron chi connectivity index (χ2n) is 6.04. The molecule has 0 bridgehead atoms. The summed E-state index contributed by atoms with van der Waals surface area (Å²) in [4.78, 5) is 35.4. The van der Waals surface area contributed by atoms with Gasteiger partial charge in [-0.2, -0.15) is 0 Å². The third kappa shape index (κ3) is 6.75. The minimum absolute atomic E-state index is 0.0261. The van der Waals surface area contributed by atoms with Crippen LogP contribution in [0.3, 0.4) is 0 Å².